The van der Waals surface area contributed by atoms with Gasteiger partial charge in [0, 0.05) is 13.7 Å². The van der Waals surface area contributed by atoms with Crippen LogP contribution < -0.4 is 5.32 Å². The molecule has 0 rings (SSSR count). The van der Waals surface area contributed by atoms with Gasteiger partial charge in [-0.3, -0.25) is 0 Å². The summed E-state index contributed by atoms with van der Waals surface area (Å²) < 4.78 is 16.4. The Bertz CT molecular complexity index is 174. The van der Waals surface area contributed by atoms with E-state index in [1.54, 1.807) is 7.11 Å². The van der Waals surface area contributed by atoms with Crippen LogP contribution in [-0.2, 0) is 14.2 Å². The maximum Gasteiger partial charge on any atom is 0.0797 e. The summed E-state index contributed by atoms with van der Waals surface area (Å²) in [6.45, 7) is 12.0. The third-order valence-corrected chi connectivity index (χ3v) is 2.82. The third kappa shape index (κ3) is 7.71. The number of hydrogen-bond donors (Lipinski definition) is 1. The molecule has 17 heavy (non-hydrogen) atoms. The topological polar surface area (TPSA) is 39.7 Å². The molecule has 0 bridgehead atoms. The van der Waals surface area contributed by atoms with Gasteiger partial charge in [-0.05, 0) is 26.8 Å². The minimum absolute atomic E-state index is 0.198. The van der Waals surface area contributed by atoms with Crippen molar-refractivity contribution in [1.82, 2.24) is 5.32 Å². The smallest absolute Gasteiger partial charge is 0.0797 e. The molecular formula is C13H29NO3. The Morgan fingerprint density at radius 2 is 1.71 bits per heavy atom. The van der Waals surface area contributed by atoms with Gasteiger partial charge in [-0.25, -0.2) is 0 Å². The number of ether oxygens (including phenoxy) is 3. The van der Waals surface area contributed by atoms with Crippen LogP contribution >= 0.6 is 0 Å². The molecule has 1 unspecified atom stereocenters. The minimum Gasteiger partial charge on any atom is -0.379 e. The standard InChI is InChI=1S/C13H29NO3/c1-6-8-16-9-10-17-11-12(14-7-2)13(3,4)15-5/h12,14H,6-11H2,1-5H3. The lowest BCUT2D eigenvalue weighted by atomic mass is 9.99. The number of rotatable bonds is 11. The Morgan fingerprint density at radius 3 is 2.24 bits per heavy atom. The van der Waals surface area contributed by atoms with Gasteiger partial charge < -0.3 is 19.5 Å². The molecule has 0 aliphatic heterocycles. The molecule has 1 atom stereocenters. The molecule has 0 saturated carbocycles. The van der Waals surface area contributed by atoms with Crippen molar-refractivity contribution >= 4 is 0 Å². The second kappa shape index (κ2) is 9.83. The van der Waals surface area contributed by atoms with E-state index in [1.165, 1.54) is 0 Å². The van der Waals surface area contributed by atoms with Crippen molar-refractivity contribution in [2.24, 2.45) is 0 Å². The highest BCUT2D eigenvalue weighted by Crippen LogP contribution is 2.14. The van der Waals surface area contributed by atoms with Crippen LogP contribution in [0.3, 0.4) is 0 Å². The molecule has 0 aliphatic carbocycles. The summed E-state index contributed by atoms with van der Waals surface area (Å²) in [6.07, 6.45) is 1.05. The van der Waals surface area contributed by atoms with E-state index in [0.717, 1.165) is 19.6 Å². The maximum absolute atomic E-state index is 5.62. The average molecular weight is 247 g/mol. The zero-order valence-electron chi connectivity index (χ0n) is 12.0. The van der Waals surface area contributed by atoms with Crippen LogP contribution in [0.5, 0.6) is 0 Å². The minimum atomic E-state index is -0.222. The van der Waals surface area contributed by atoms with Crippen LogP contribution in [0.2, 0.25) is 0 Å². The Kier molecular flexibility index (Phi) is 9.74. The predicted octanol–water partition coefficient (Wildman–Crippen LogP) is 1.83. The van der Waals surface area contributed by atoms with E-state index >= 15 is 0 Å². The largest absolute Gasteiger partial charge is 0.379 e. The monoisotopic (exact) mass is 247 g/mol. The Labute approximate surface area is 106 Å². The van der Waals surface area contributed by atoms with Crippen molar-refractivity contribution < 1.29 is 14.2 Å². The van der Waals surface area contributed by atoms with E-state index in [4.69, 9.17) is 14.2 Å². The summed E-state index contributed by atoms with van der Waals surface area (Å²) >= 11 is 0. The fourth-order valence-electron chi connectivity index (χ4n) is 1.46. The van der Waals surface area contributed by atoms with Crippen LogP contribution in [-0.4, -0.2) is 51.7 Å². The fourth-order valence-corrected chi connectivity index (χ4v) is 1.46. The summed E-state index contributed by atoms with van der Waals surface area (Å²) in [7, 11) is 1.73. The molecule has 0 aromatic carbocycles. The van der Waals surface area contributed by atoms with E-state index in [-0.39, 0.29) is 11.6 Å². The van der Waals surface area contributed by atoms with Crippen molar-refractivity contribution in [3.63, 3.8) is 0 Å². The Balaban J connectivity index is 3.78. The maximum atomic E-state index is 5.62. The van der Waals surface area contributed by atoms with Gasteiger partial charge in [0.25, 0.3) is 0 Å². The molecule has 0 radical (unpaired) electrons. The van der Waals surface area contributed by atoms with Gasteiger partial charge in [-0.15, -0.1) is 0 Å². The van der Waals surface area contributed by atoms with Crippen LogP contribution in [0.25, 0.3) is 0 Å². The molecule has 0 heterocycles. The van der Waals surface area contributed by atoms with Gasteiger partial charge in [0.1, 0.15) is 0 Å². The van der Waals surface area contributed by atoms with E-state index in [9.17, 15) is 0 Å². The van der Waals surface area contributed by atoms with Gasteiger partial charge in [-0.2, -0.15) is 0 Å². The molecule has 0 aliphatic rings. The number of likely N-dealkylation sites (N-methyl/N-ethyl adjacent to an activating group) is 1. The lowest BCUT2D eigenvalue weighted by Gasteiger charge is -2.33. The molecule has 0 fully saturated rings. The first-order chi connectivity index (χ1) is 8.08. The first kappa shape index (κ1) is 16.8. The van der Waals surface area contributed by atoms with Crippen molar-refractivity contribution in [2.45, 2.75) is 45.8 Å². The van der Waals surface area contributed by atoms with E-state index in [1.807, 2.05) is 0 Å². The van der Waals surface area contributed by atoms with Crippen molar-refractivity contribution in [2.75, 3.05) is 40.1 Å². The predicted molar refractivity (Wildman–Crippen MR) is 70.5 cm³/mol. The van der Waals surface area contributed by atoms with Crippen LogP contribution in [0.4, 0.5) is 0 Å². The van der Waals surface area contributed by atoms with Crippen LogP contribution in [0, 0.1) is 0 Å². The van der Waals surface area contributed by atoms with Gasteiger partial charge in [0.05, 0.1) is 31.5 Å². The van der Waals surface area contributed by atoms with Gasteiger partial charge in [0.2, 0.25) is 0 Å². The highest BCUT2D eigenvalue weighted by Gasteiger charge is 2.28. The van der Waals surface area contributed by atoms with E-state index in [0.29, 0.717) is 19.8 Å². The molecule has 0 saturated heterocycles. The molecule has 0 spiro atoms. The second-order valence-corrected chi connectivity index (χ2v) is 4.61. The molecule has 4 nitrogen and oxygen atoms in total. The molecule has 0 aromatic rings. The Hall–Kier alpha value is -0.160. The summed E-state index contributed by atoms with van der Waals surface area (Å²) in [5.74, 6) is 0. The fraction of sp³-hybridized carbons (Fsp3) is 1.00. The van der Waals surface area contributed by atoms with Gasteiger partial charge in [-0.1, -0.05) is 13.8 Å². The number of methoxy groups -OCH3 is 1. The van der Waals surface area contributed by atoms with Gasteiger partial charge >= 0.3 is 0 Å². The molecule has 0 amide bonds. The quantitative estimate of drug-likeness (QED) is 0.565. The van der Waals surface area contributed by atoms with E-state index in [2.05, 4.69) is 33.0 Å². The lowest BCUT2D eigenvalue weighted by Crippen LogP contribution is -2.51. The van der Waals surface area contributed by atoms with E-state index < -0.39 is 0 Å². The van der Waals surface area contributed by atoms with Crippen molar-refractivity contribution in [3.8, 4) is 0 Å². The summed E-state index contributed by atoms with van der Waals surface area (Å²) in [5.41, 5.74) is -0.222. The second-order valence-electron chi connectivity index (χ2n) is 4.61. The normalized spacial score (nSPS) is 13.9. The zero-order chi connectivity index (χ0) is 13.1. The highest BCUT2D eigenvalue weighted by molar-refractivity contribution is 4.84. The molecular weight excluding hydrogens is 218 g/mol. The first-order valence-electron chi connectivity index (χ1n) is 6.52. The van der Waals surface area contributed by atoms with Crippen molar-refractivity contribution in [1.29, 1.82) is 0 Å². The average Bonchev–Trinajstić information content (AvgIpc) is 2.32. The number of hydrogen-bond acceptors (Lipinski definition) is 4. The van der Waals surface area contributed by atoms with Crippen LogP contribution in [0.1, 0.15) is 34.1 Å². The third-order valence-electron chi connectivity index (χ3n) is 2.82. The van der Waals surface area contributed by atoms with Crippen molar-refractivity contribution in [3.05, 3.63) is 0 Å². The molecule has 1 N–H and O–H groups in total. The highest BCUT2D eigenvalue weighted by atomic mass is 16.5. The zero-order valence-corrected chi connectivity index (χ0v) is 12.0. The summed E-state index contributed by atoms with van der Waals surface area (Å²) in [5, 5.41) is 3.39. The number of nitrogens with one attached hydrogen (secondary N) is 1. The molecule has 0 aromatic heterocycles. The molecule has 104 valence electrons. The SMILES string of the molecule is CCCOCCOCC(NCC)C(C)(C)OC. The lowest BCUT2D eigenvalue weighted by molar-refractivity contribution is -0.0450. The Morgan fingerprint density at radius 1 is 1.06 bits per heavy atom. The molecule has 4 heteroatoms. The van der Waals surface area contributed by atoms with Gasteiger partial charge in [0.15, 0.2) is 0 Å². The first-order valence-corrected chi connectivity index (χ1v) is 6.52. The van der Waals surface area contributed by atoms with Crippen LogP contribution in [0.15, 0.2) is 0 Å². The summed E-state index contributed by atoms with van der Waals surface area (Å²) in [4.78, 5) is 0. The summed E-state index contributed by atoms with van der Waals surface area (Å²) in [6, 6.07) is 0.198.